The zero-order chi connectivity index (χ0) is 13.1. The van der Waals surface area contributed by atoms with Gasteiger partial charge >= 0.3 is 5.97 Å². The maximum atomic E-state index is 11.1. The topological polar surface area (TPSA) is 26.3 Å². The number of carbonyl (C=O) groups is 1. The molecule has 1 aromatic carbocycles. The Balaban J connectivity index is 2.93. The van der Waals surface area contributed by atoms with Crippen molar-refractivity contribution in [1.82, 2.24) is 0 Å². The highest BCUT2D eigenvalue weighted by Gasteiger charge is 2.12. The molecule has 0 bridgehead atoms. The van der Waals surface area contributed by atoms with Crippen molar-refractivity contribution >= 4 is 23.6 Å². The smallest absolute Gasteiger partial charge is 0.349 e. The van der Waals surface area contributed by atoms with Crippen molar-refractivity contribution < 1.29 is 9.53 Å². The van der Waals surface area contributed by atoms with Crippen LogP contribution in [0.15, 0.2) is 29.3 Å². The largest absolute Gasteiger partial charge is 0.465 e. The van der Waals surface area contributed by atoms with E-state index < -0.39 is 5.97 Å². The number of rotatable bonds is 2. The van der Waals surface area contributed by atoms with Crippen molar-refractivity contribution in [3.8, 4) is 0 Å². The summed E-state index contributed by atoms with van der Waals surface area (Å²) >= 11 is 5.78. The molecule has 0 N–H and O–H groups in total. The van der Waals surface area contributed by atoms with Crippen LogP contribution in [-0.2, 0) is 14.9 Å². The highest BCUT2D eigenvalue weighted by molar-refractivity contribution is 6.43. The molecule has 0 unspecified atom stereocenters. The molecular weight excluding hydrogens is 236 g/mol. The molecule has 0 radical (unpaired) electrons. The zero-order valence-corrected chi connectivity index (χ0v) is 11.3. The second-order valence-corrected chi connectivity index (χ2v) is 5.26. The molecule has 0 spiro atoms. The second-order valence-electron chi connectivity index (χ2n) is 4.86. The summed E-state index contributed by atoms with van der Waals surface area (Å²) < 4.78 is 4.52. The first-order valence-electron chi connectivity index (χ1n) is 5.40. The first-order chi connectivity index (χ1) is 7.84. The van der Waals surface area contributed by atoms with Crippen LogP contribution < -0.4 is 0 Å². The van der Waals surface area contributed by atoms with E-state index in [2.05, 4.69) is 25.5 Å². The van der Waals surface area contributed by atoms with Crippen molar-refractivity contribution in [3.05, 3.63) is 40.4 Å². The van der Waals surface area contributed by atoms with Crippen molar-refractivity contribution in [2.24, 2.45) is 0 Å². The molecule has 0 aliphatic carbocycles. The minimum atomic E-state index is -0.522. The summed E-state index contributed by atoms with van der Waals surface area (Å²) in [6, 6.07) is 7.94. The number of methoxy groups -OCH3 is 1. The zero-order valence-electron chi connectivity index (χ0n) is 10.6. The van der Waals surface area contributed by atoms with E-state index in [0.29, 0.717) is 0 Å². The van der Waals surface area contributed by atoms with Gasteiger partial charge in [-0.25, -0.2) is 4.79 Å². The quantitative estimate of drug-likeness (QED) is 0.592. The lowest BCUT2D eigenvalue weighted by Crippen LogP contribution is -2.10. The van der Waals surface area contributed by atoms with Gasteiger partial charge in [0.2, 0.25) is 0 Å². The summed E-state index contributed by atoms with van der Waals surface area (Å²) in [4.78, 5) is 11.1. The Labute approximate surface area is 107 Å². The summed E-state index contributed by atoms with van der Waals surface area (Å²) in [5.41, 5.74) is 2.24. The number of benzene rings is 1. The van der Waals surface area contributed by atoms with E-state index in [-0.39, 0.29) is 10.4 Å². The Bertz CT molecular complexity index is 425. The van der Waals surface area contributed by atoms with Gasteiger partial charge in [-0.15, -0.1) is 0 Å². The van der Waals surface area contributed by atoms with E-state index in [1.165, 1.54) is 12.7 Å². The molecule has 0 aliphatic rings. The van der Waals surface area contributed by atoms with E-state index in [1.54, 1.807) is 6.08 Å². The fraction of sp³-hybridized carbons (Fsp3) is 0.357. The maximum Gasteiger partial charge on any atom is 0.349 e. The van der Waals surface area contributed by atoms with Crippen LogP contribution in [0.25, 0.3) is 6.08 Å². The lowest BCUT2D eigenvalue weighted by molar-refractivity contribution is -0.135. The molecule has 0 saturated heterocycles. The maximum absolute atomic E-state index is 11.1. The number of hydrogen-bond acceptors (Lipinski definition) is 2. The molecule has 0 fully saturated rings. The monoisotopic (exact) mass is 252 g/mol. The molecule has 0 aliphatic heterocycles. The van der Waals surface area contributed by atoms with E-state index in [0.717, 1.165) is 5.56 Å². The Morgan fingerprint density at radius 2 is 1.76 bits per heavy atom. The summed E-state index contributed by atoms with van der Waals surface area (Å²) in [5, 5.41) is 0.0796. The van der Waals surface area contributed by atoms with Crippen molar-refractivity contribution in [2.45, 2.75) is 26.2 Å². The van der Waals surface area contributed by atoms with Gasteiger partial charge in [-0.05, 0) is 22.6 Å². The van der Waals surface area contributed by atoms with Gasteiger partial charge in [-0.3, -0.25) is 0 Å². The second kappa shape index (κ2) is 5.37. The molecule has 17 heavy (non-hydrogen) atoms. The summed E-state index contributed by atoms with van der Waals surface area (Å²) in [6.07, 6.45) is 1.60. The molecule has 0 saturated carbocycles. The van der Waals surface area contributed by atoms with E-state index in [9.17, 15) is 4.79 Å². The predicted molar refractivity (Wildman–Crippen MR) is 71.0 cm³/mol. The van der Waals surface area contributed by atoms with Gasteiger partial charge in [0.05, 0.1) is 7.11 Å². The van der Waals surface area contributed by atoms with Gasteiger partial charge in [-0.1, -0.05) is 56.6 Å². The van der Waals surface area contributed by atoms with Crippen LogP contribution in [0.2, 0.25) is 0 Å². The van der Waals surface area contributed by atoms with Gasteiger partial charge in [-0.2, -0.15) is 0 Å². The lowest BCUT2D eigenvalue weighted by atomic mass is 9.87. The first-order valence-corrected chi connectivity index (χ1v) is 5.78. The van der Waals surface area contributed by atoms with Crippen LogP contribution in [-0.4, -0.2) is 13.1 Å². The molecule has 1 rings (SSSR count). The Morgan fingerprint density at radius 3 is 2.18 bits per heavy atom. The summed E-state index contributed by atoms with van der Waals surface area (Å²) in [6.45, 7) is 6.46. The Hall–Kier alpha value is -1.28. The number of ether oxygens (including phenoxy) is 1. The Morgan fingerprint density at radius 1 is 1.24 bits per heavy atom. The lowest BCUT2D eigenvalue weighted by Gasteiger charge is -2.18. The van der Waals surface area contributed by atoms with Crippen LogP contribution in [0.5, 0.6) is 0 Å². The molecule has 0 amide bonds. The normalized spacial score (nSPS) is 12.4. The van der Waals surface area contributed by atoms with Gasteiger partial charge in [0, 0.05) is 0 Å². The third kappa shape index (κ3) is 3.90. The highest BCUT2D eigenvalue weighted by Crippen LogP contribution is 2.23. The molecule has 2 nitrogen and oxygen atoms in total. The third-order valence-corrected chi connectivity index (χ3v) is 2.71. The predicted octanol–water partition coefficient (Wildman–Crippen LogP) is 3.74. The van der Waals surface area contributed by atoms with Gasteiger partial charge in [0.1, 0.15) is 5.03 Å². The molecule has 0 heterocycles. The van der Waals surface area contributed by atoms with E-state index in [1.807, 2.05) is 24.3 Å². The number of carbonyl (C=O) groups excluding carboxylic acids is 1. The number of halogens is 1. The third-order valence-electron chi connectivity index (χ3n) is 2.45. The summed E-state index contributed by atoms with van der Waals surface area (Å²) in [7, 11) is 1.31. The molecule has 3 heteroatoms. The number of hydrogen-bond donors (Lipinski definition) is 0. The standard InChI is InChI=1S/C14H17ClO2/c1-14(2,3)11-7-5-10(6-8-11)9-12(15)13(16)17-4/h5-9H,1-4H3/b12-9-. The van der Waals surface area contributed by atoms with E-state index in [4.69, 9.17) is 11.6 Å². The average Bonchev–Trinajstić information content (AvgIpc) is 2.27. The average molecular weight is 253 g/mol. The molecular formula is C14H17ClO2. The number of esters is 1. The molecule has 0 aromatic heterocycles. The molecule has 1 aromatic rings. The van der Waals surface area contributed by atoms with Crippen molar-refractivity contribution in [1.29, 1.82) is 0 Å². The minimum Gasteiger partial charge on any atom is -0.465 e. The summed E-state index contributed by atoms with van der Waals surface area (Å²) in [5.74, 6) is -0.522. The van der Waals surface area contributed by atoms with Gasteiger partial charge in [0.15, 0.2) is 0 Å². The molecule has 92 valence electrons. The van der Waals surface area contributed by atoms with Crippen LogP contribution >= 0.6 is 11.6 Å². The van der Waals surface area contributed by atoms with Gasteiger partial charge in [0.25, 0.3) is 0 Å². The van der Waals surface area contributed by atoms with Gasteiger partial charge < -0.3 is 4.74 Å². The fourth-order valence-corrected chi connectivity index (χ4v) is 1.59. The first kappa shape index (κ1) is 13.8. The van der Waals surface area contributed by atoms with Crippen molar-refractivity contribution in [3.63, 3.8) is 0 Å². The fourth-order valence-electron chi connectivity index (χ4n) is 1.38. The van der Waals surface area contributed by atoms with Crippen LogP contribution in [0.1, 0.15) is 31.9 Å². The highest BCUT2D eigenvalue weighted by atomic mass is 35.5. The SMILES string of the molecule is COC(=O)/C(Cl)=C/c1ccc(C(C)(C)C)cc1. The van der Waals surface area contributed by atoms with Crippen molar-refractivity contribution in [2.75, 3.05) is 7.11 Å². The van der Waals surface area contributed by atoms with Crippen LogP contribution in [0.3, 0.4) is 0 Å². The van der Waals surface area contributed by atoms with Crippen LogP contribution in [0.4, 0.5) is 0 Å². The minimum absolute atomic E-state index is 0.0796. The molecule has 0 atom stereocenters. The Kier molecular flexibility index (Phi) is 4.35. The van der Waals surface area contributed by atoms with E-state index >= 15 is 0 Å². The van der Waals surface area contributed by atoms with Crippen LogP contribution in [0, 0.1) is 0 Å².